The van der Waals surface area contributed by atoms with Crippen LogP contribution >= 0.6 is 11.3 Å². The van der Waals surface area contributed by atoms with Crippen LogP contribution in [0.1, 0.15) is 100 Å². The zero-order valence-electron chi connectivity index (χ0n) is 19.6. The molecule has 1 aliphatic heterocycles. The highest BCUT2D eigenvalue weighted by Gasteiger charge is 2.30. The number of thiophene rings is 1. The molecule has 2 aromatic rings. The lowest BCUT2D eigenvalue weighted by molar-refractivity contribution is 0.571. The van der Waals surface area contributed by atoms with Gasteiger partial charge in [0.1, 0.15) is 0 Å². The zero-order chi connectivity index (χ0) is 21.5. The second-order valence-corrected chi connectivity index (χ2v) is 10.6. The van der Waals surface area contributed by atoms with Gasteiger partial charge in [0.05, 0.1) is 0 Å². The molecular weight excluding hydrogens is 382 g/mol. The lowest BCUT2D eigenvalue weighted by atomic mass is 9.95. The van der Waals surface area contributed by atoms with Gasteiger partial charge in [-0.1, -0.05) is 51.8 Å². The minimum Gasteiger partial charge on any atom is -0.366 e. The van der Waals surface area contributed by atoms with Crippen LogP contribution in [0.3, 0.4) is 0 Å². The van der Waals surface area contributed by atoms with Gasteiger partial charge in [0.25, 0.3) is 0 Å². The predicted octanol–water partition coefficient (Wildman–Crippen LogP) is 8.85. The third-order valence-corrected chi connectivity index (χ3v) is 8.14. The maximum Gasteiger partial charge on any atom is 0.0371 e. The molecule has 2 heterocycles. The van der Waals surface area contributed by atoms with Gasteiger partial charge in [0.15, 0.2) is 0 Å². The van der Waals surface area contributed by atoms with Gasteiger partial charge in [-0.15, -0.1) is 11.3 Å². The molecule has 1 nitrogen and oxygen atoms in total. The molecule has 0 bridgehead atoms. The first-order chi connectivity index (χ1) is 14.5. The van der Waals surface area contributed by atoms with Crippen molar-refractivity contribution in [3.8, 4) is 0 Å². The Bertz CT molecular complexity index is 787. The van der Waals surface area contributed by atoms with Crippen LogP contribution in [0.5, 0.6) is 0 Å². The van der Waals surface area contributed by atoms with Crippen molar-refractivity contribution in [2.24, 2.45) is 0 Å². The van der Waals surface area contributed by atoms with Crippen LogP contribution in [-0.2, 0) is 6.42 Å². The summed E-state index contributed by atoms with van der Waals surface area (Å²) in [6.07, 6.45) is 11.7. The molecular formula is C28H41NS. The van der Waals surface area contributed by atoms with E-state index >= 15 is 0 Å². The smallest absolute Gasteiger partial charge is 0.0371 e. The number of anilines is 1. The van der Waals surface area contributed by atoms with E-state index in [2.05, 4.69) is 75.6 Å². The van der Waals surface area contributed by atoms with Crippen LogP contribution in [0.2, 0.25) is 0 Å². The van der Waals surface area contributed by atoms with Gasteiger partial charge in [-0.2, -0.15) is 0 Å². The number of aryl methyl sites for hydroxylation is 1. The standard InChI is InChI=1S/C28H41NS/c1-6-7-8-10-22(4)24-14-17-26(18-15-24)29-23(5)13-16-25(29)11-9-12-27-19-20-28(30-27)21(2)3/h14-15,17-20,22-23,25H,2,6-13,16H2,1,3-5H3. The van der Waals surface area contributed by atoms with Crippen molar-refractivity contribution in [3.05, 3.63) is 58.3 Å². The normalized spacial score (nSPS) is 19.9. The van der Waals surface area contributed by atoms with Crippen LogP contribution in [-0.4, -0.2) is 12.1 Å². The summed E-state index contributed by atoms with van der Waals surface area (Å²) in [6.45, 7) is 13.2. The van der Waals surface area contributed by atoms with Crippen molar-refractivity contribution in [1.82, 2.24) is 0 Å². The first-order valence-corrected chi connectivity index (χ1v) is 12.9. The van der Waals surface area contributed by atoms with E-state index in [0.717, 1.165) is 0 Å². The first-order valence-electron chi connectivity index (χ1n) is 12.1. The van der Waals surface area contributed by atoms with Gasteiger partial charge in [0.2, 0.25) is 0 Å². The summed E-state index contributed by atoms with van der Waals surface area (Å²) in [5.41, 5.74) is 4.12. The summed E-state index contributed by atoms with van der Waals surface area (Å²) in [5, 5.41) is 0. The van der Waals surface area contributed by atoms with E-state index in [0.29, 0.717) is 18.0 Å². The summed E-state index contributed by atoms with van der Waals surface area (Å²) in [7, 11) is 0. The van der Waals surface area contributed by atoms with Gasteiger partial charge in [-0.3, -0.25) is 0 Å². The lowest BCUT2D eigenvalue weighted by Crippen LogP contribution is -2.34. The maximum absolute atomic E-state index is 4.07. The van der Waals surface area contributed by atoms with Gasteiger partial charge in [-0.25, -0.2) is 0 Å². The number of hydrogen-bond donors (Lipinski definition) is 0. The average Bonchev–Trinajstić information content (AvgIpc) is 3.35. The summed E-state index contributed by atoms with van der Waals surface area (Å²) in [5.74, 6) is 0.673. The predicted molar refractivity (Wildman–Crippen MR) is 136 cm³/mol. The quantitative estimate of drug-likeness (QED) is 0.326. The molecule has 0 N–H and O–H groups in total. The largest absolute Gasteiger partial charge is 0.366 e. The van der Waals surface area contributed by atoms with Crippen molar-refractivity contribution < 1.29 is 0 Å². The first kappa shape index (κ1) is 23.1. The second-order valence-electron chi connectivity index (χ2n) is 9.41. The summed E-state index contributed by atoms with van der Waals surface area (Å²) >= 11 is 1.92. The van der Waals surface area contributed by atoms with Gasteiger partial charge in [0, 0.05) is 27.5 Å². The molecule has 1 aromatic heterocycles. The maximum atomic E-state index is 4.07. The van der Waals surface area contributed by atoms with Crippen molar-refractivity contribution in [3.63, 3.8) is 0 Å². The van der Waals surface area contributed by atoms with Crippen LogP contribution in [0.15, 0.2) is 43.0 Å². The Morgan fingerprint density at radius 1 is 1.10 bits per heavy atom. The summed E-state index contributed by atoms with van der Waals surface area (Å²) in [6, 6.07) is 15.4. The molecule has 0 spiro atoms. The fourth-order valence-corrected chi connectivity index (χ4v) is 5.89. The van der Waals surface area contributed by atoms with E-state index < -0.39 is 0 Å². The van der Waals surface area contributed by atoms with E-state index in [1.807, 2.05) is 11.3 Å². The van der Waals surface area contributed by atoms with E-state index in [-0.39, 0.29) is 0 Å². The topological polar surface area (TPSA) is 3.24 Å². The molecule has 3 atom stereocenters. The fourth-order valence-electron chi connectivity index (χ4n) is 4.92. The summed E-state index contributed by atoms with van der Waals surface area (Å²) < 4.78 is 0. The van der Waals surface area contributed by atoms with Gasteiger partial charge < -0.3 is 4.90 Å². The number of hydrogen-bond acceptors (Lipinski definition) is 2. The number of allylic oxidation sites excluding steroid dienone is 1. The number of unbranched alkanes of at least 4 members (excludes halogenated alkanes) is 2. The molecule has 0 saturated carbocycles. The monoisotopic (exact) mass is 423 g/mol. The van der Waals surface area contributed by atoms with E-state index in [9.17, 15) is 0 Å². The van der Waals surface area contributed by atoms with Gasteiger partial charge in [-0.05, 0) is 93.7 Å². The Labute approximate surface area is 189 Å². The SMILES string of the molecule is C=C(C)c1ccc(CCCC2CCC(C)N2c2ccc(C(C)CCCCC)cc2)s1. The highest BCUT2D eigenvalue weighted by Crippen LogP contribution is 2.34. The minimum absolute atomic E-state index is 0.652. The third kappa shape index (κ3) is 6.00. The lowest BCUT2D eigenvalue weighted by Gasteiger charge is -2.31. The van der Waals surface area contributed by atoms with Crippen molar-refractivity contribution in [2.75, 3.05) is 4.90 Å². The highest BCUT2D eigenvalue weighted by atomic mass is 32.1. The molecule has 0 amide bonds. The minimum atomic E-state index is 0.652. The highest BCUT2D eigenvalue weighted by molar-refractivity contribution is 7.13. The summed E-state index contributed by atoms with van der Waals surface area (Å²) in [4.78, 5) is 5.55. The molecule has 2 heteroatoms. The molecule has 1 saturated heterocycles. The third-order valence-electron chi connectivity index (χ3n) is 6.83. The second kappa shape index (κ2) is 11.2. The van der Waals surface area contributed by atoms with Crippen LogP contribution in [0.4, 0.5) is 5.69 Å². The Balaban J connectivity index is 1.56. The molecule has 0 radical (unpaired) electrons. The van der Waals surface area contributed by atoms with Crippen molar-refractivity contribution >= 4 is 22.6 Å². The molecule has 3 unspecified atom stereocenters. The van der Waals surface area contributed by atoms with Crippen LogP contribution in [0.25, 0.3) is 5.57 Å². The molecule has 1 aromatic carbocycles. The molecule has 164 valence electrons. The van der Waals surface area contributed by atoms with E-state index in [1.165, 1.54) is 84.4 Å². The molecule has 0 aliphatic carbocycles. The van der Waals surface area contributed by atoms with Crippen molar-refractivity contribution in [1.29, 1.82) is 0 Å². The van der Waals surface area contributed by atoms with E-state index in [1.54, 1.807) is 0 Å². The molecule has 3 rings (SSSR count). The number of rotatable bonds is 11. The Morgan fingerprint density at radius 2 is 1.87 bits per heavy atom. The Morgan fingerprint density at radius 3 is 2.53 bits per heavy atom. The van der Waals surface area contributed by atoms with E-state index in [4.69, 9.17) is 0 Å². The van der Waals surface area contributed by atoms with Crippen molar-refractivity contribution in [2.45, 2.75) is 103 Å². The number of nitrogens with zero attached hydrogens (tertiary/aromatic N) is 1. The fraction of sp³-hybridized carbons (Fsp3) is 0.571. The van der Waals surface area contributed by atoms with Crippen LogP contribution < -0.4 is 4.90 Å². The zero-order valence-corrected chi connectivity index (χ0v) is 20.4. The Hall–Kier alpha value is -1.54. The average molecular weight is 424 g/mol. The molecule has 1 aliphatic rings. The Kier molecular flexibility index (Phi) is 8.62. The van der Waals surface area contributed by atoms with Gasteiger partial charge >= 0.3 is 0 Å². The molecule has 30 heavy (non-hydrogen) atoms. The van der Waals surface area contributed by atoms with Crippen LogP contribution in [0, 0.1) is 0 Å². The number of benzene rings is 1. The molecule has 1 fully saturated rings.